The average molecular weight is 309 g/mol. The van der Waals surface area contributed by atoms with Crippen molar-refractivity contribution in [1.29, 1.82) is 0 Å². The van der Waals surface area contributed by atoms with Gasteiger partial charge in [0.25, 0.3) is 0 Å². The fourth-order valence-electron chi connectivity index (χ4n) is 3.88. The molecule has 118 valence electrons. The minimum atomic E-state index is -3.11. The third kappa shape index (κ3) is 4.07. The minimum absolute atomic E-state index is 0.309. The molecule has 1 fully saturated rings. The van der Waals surface area contributed by atoms with Crippen molar-refractivity contribution in [2.75, 3.05) is 13.3 Å². The predicted molar refractivity (Wildman–Crippen MR) is 87.0 cm³/mol. The van der Waals surface area contributed by atoms with Gasteiger partial charge in [-0.15, -0.1) is 0 Å². The summed E-state index contributed by atoms with van der Waals surface area (Å²) in [5, 5.41) is 3.44. The third-order valence-corrected chi connectivity index (χ3v) is 5.79. The Labute approximate surface area is 129 Å². The zero-order chi connectivity index (χ0) is 15.6. The molecule has 21 heavy (non-hydrogen) atoms. The van der Waals surface area contributed by atoms with E-state index in [2.05, 4.69) is 19.2 Å². The van der Waals surface area contributed by atoms with E-state index in [1.54, 1.807) is 12.1 Å². The monoisotopic (exact) mass is 309 g/mol. The second-order valence-corrected chi connectivity index (χ2v) is 8.80. The molecule has 1 saturated carbocycles. The first-order chi connectivity index (χ1) is 9.81. The van der Waals surface area contributed by atoms with Gasteiger partial charge in [0, 0.05) is 12.3 Å². The van der Waals surface area contributed by atoms with E-state index in [1.807, 2.05) is 19.2 Å². The van der Waals surface area contributed by atoms with Gasteiger partial charge in [-0.2, -0.15) is 0 Å². The molecule has 3 nitrogen and oxygen atoms in total. The molecule has 0 aromatic heterocycles. The number of benzene rings is 1. The molecule has 0 heterocycles. The maximum Gasteiger partial charge on any atom is 0.175 e. The normalized spacial score (nSPS) is 28.3. The molecule has 0 amide bonds. The van der Waals surface area contributed by atoms with E-state index in [4.69, 9.17) is 0 Å². The molecule has 0 radical (unpaired) electrons. The highest BCUT2D eigenvalue weighted by atomic mass is 32.2. The second-order valence-electron chi connectivity index (χ2n) is 6.79. The summed E-state index contributed by atoms with van der Waals surface area (Å²) in [4.78, 5) is 0.395. The molecule has 0 saturated heterocycles. The molecular weight excluding hydrogens is 282 g/mol. The predicted octanol–water partition coefficient (Wildman–Crippen LogP) is 3.42. The van der Waals surface area contributed by atoms with Gasteiger partial charge in [-0.25, -0.2) is 8.42 Å². The zero-order valence-electron chi connectivity index (χ0n) is 13.5. The van der Waals surface area contributed by atoms with Crippen LogP contribution in [0.1, 0.15) is 44.7 Å². The average Bonchev–Trinajstić information content (AvgIpc) is 2.38. The summed E-state index contributed by atoms with van der Waals surface area (Å²) in [5.74, 6) is 2.16. The summed E-state index contributed by atoms with van der Waals surface area (Å²) in [6.07, 6.45) is 5.05. The Morgan fingerprint density at radius 1 is 1.05 bits per heavy atom. The molecule has 1 aliphatic carbocycles. The number of sulfone groups is 1. The van der Waals surface area contributed by atoms with E-state index in [0.717, 1.165) is 11.8 Å². The maximum atomic E-state index is 11.6. The summed E-state index contributed by atoms with van der Waals surface area (Å²) < 4.78 is 23.1. The Bertz CT molecular complexity index is 555. The van der Waals surface area contributed by atoms with E-state index in [1.165, 1.54) is 31.1 Å². The van der Waals surface area contributed by atoms with E-state index in [9.17, 15) is 8.42 Å². The lowest BCUT2D eigenvalue weighted by Gasteiger charge is -2.36. The van der Waals surface area contributed by atoms with Gasteiger partial charge in [-0.1, -0.05) is 26.0 Å². The van der Waals surface area contributed by atoms with Gasteiger partial charge in [0.05, 0.1) is 4.90 Å². The van der Waals surface area contributed by atoms with Crippen LogP contribution in [0.25, 0.3) is 0 Å². The van der Waals surface area contributed by atoms with Gasteiger partial charge < -0.3 is 5.32 Å². The molecule has 3 atom stereocenters. The molecule has 0 aliphatic heterocycles. The quantitative estimate of drug-likeness (QED) is 0.927. The van der Waals surface area contributed by atoms with Crippen molar-refractivity contribution in [2.45, 2.75) is 44.0 Å². The SMILES string of the molecule is CNC(c1ccc(S(C)(=O)=O)cc1)C1CC(C)CC(C)C1. The van der Waals surface area contributed by atoms with Gasteiger partial charge in [0.15, 0.2) is 9.84 Å². The van der Waals surface area contributed by atoms with Crippen LogP contribution in [0.3, 0.4) is 0 Å². The molecule has 3 unspecified atom stereocenters. The number of rotatable bonds is 4. The largest absolute Gasteiger partial charge is 0.313 e. The van der Waals surface area contributed by atoms with Crippen molar-refractivity contribution in [3.05, 3.63) is 29.8 Å². The van der Waals surface area contributed by atoms with Crippen LogP contribution >= 0.6 is 0 Å². The highest BCUT2D eigenvalue weighted by Crippen LogP contribution is 2.39. The van der Waals surface area contributed by atoms with Crippen molar-refractivity contribution < 1.29 is 8.42 Å². The van der Waals surface area contributed by atoms with Crippen LogP contribution in [0, 0.1) is 17.8 Å². The van der Waals surface area contributed by atoms with Crippen molar-refractivity contribution in [3.8, 4) is 0 Å². The first-order valence-corrected chi connectivity index (χ1v) is 9.67. The fraction of sp³-hybridized carbons (Fsp3) is 0.647. The van der Waals surface area contributed by atoms with E-state index >= 15 is 0 Å². The first kappa shape index (κ1) is 16.5. The fourth-order valence-corrected chi connectivity index (χ4v) is 4.51. The molecule has 1 N–H and O–H groups in total. The van der Waals surface area contributed by atoms with Crippen LogP contribution in [0.15, 0.2) is 29.2 Å². The highest BCUT2D eigenvalue weighted by molar-refractivity contribution is 7.90. The Hall–Kier alpha value is -0.870. The topological polar surface area (TPSA) is 46.2 Å². The molecule has 0 bridgehead atoms. The van der Waals surface area contributed by atoms with Gasteiger partial charge >= 0.3 is 0 Å². The van der Waals surface area contributed by atoms with Gasteiger partial charge in [-0.05, 0) is 61.8 Å². The van der Waals surface area contributed by atoms with Crippen molar-refractivity contribution in [1.82, 2.24) is 5.32 Å². The van der Waals surface area contributed by atoms with Crippen molar-refractivity contribution in [2.24, 2.45) is 17.8 Å². The summed E-state index contributed by atoms with van der Waals surface area (Å²) in [5.41, 5.74) is 1.19. The maximum absolute atomic E-state index is 11.6. The minimum Gasteiger partial charge on any atom is -0.313 e. The second kappa shape index (κ2) is 6.49. The van der Waals surface area contributed by atoms with Crippen LogP contribution in [0.5, 0.6) is 0 Å². The summed E-state index contributed by atoms with van der Waals surface area (Å²) in [6.45, 7) is 4.67. The van der Waals surface area contributed by atoms with Crippen LogP contribution in [0.2, 0.25) is 0 Å². The molecule has 2 rings (SSSR count). The standard InChI is InChI=1S/C17H27NO2S/c1-12-9-13(2)11-15(10-12)17(18-3)14-5-7-16(8-6-14)21(4,19)20/h5-8,12-13,15,17-18H,9-11H2,1-4H3. The number of hydrogen-bond donors (Lipinski definition) is 1. The van der Waals surface area contributed by atoms with Gasteiger partial charge in [-0.3, -0.25) is 0 Å². The first-order valence-electron chi connectivity index (χ1n) is 7.78. The lowest BCUT2D eigenvalue weighted by Crippen LogP contribution is -2.31. The smallest absolute Gasteiger partial charge is 0.175 e. The molecular formula is C17H27NO2S. The molecule has 1 aliphatic rings. The van der Waals surface area contributed by atoms with Gasteiger partial charge in [0.2, 0.25) is 0 Å². The number of nitrogens with one attached hydrogen (secondary N) is 1. The van der Waals surface area contributed by atoms with E-state index in [0.29, 0.717) is 16.9 Å². The molecule has 1 aromatic carbocycles. The van der Waals surface area contributed by atoms with Gasteiger partial charge in [0.1, 0.15) is 0 Å². The molecule has 4 heteroatoms. The Kier molecular flexibility index (Phi) is 5.10. The van der Waals surface area contributed by atoms with E-state index < -0.39 is 9.84 Å². The summed E-state index contributed by atoms with van der Waals surface area (Å²) in [7, 11) is -1.12. The Morgan fingerprint density at radius 3 is 2.00 bits per heavy atom. The van der Waals surface area contributed by atoms with Crippen LogP contribution in [0.4, 0.5) is 0 Å². The number of hydrogen-bond acceptors (Lipinski definition) is 3. The lowest BCUT2D eigenvalue weighted by molar-refractivity contribution is 0.180. The van der Waals surface area contributed by atoms with E-state index in [-0.39, 0.29) is 0 Å². The summed E-state index contributed by atoms with van der Waals surface area (Å²) in [6, 6.07) is 7.68. The lowest BCUT2D eigenvalue weighted by atomic mass is 9.72. The van der Waals surface area contributed by atoms with Crippen LogP contribution in [-0.4, -0.2) is 21.7 Å². The Balaban J connectivity index is 2.21. The van der Waals surface area contributed by atoms with Crippen LogP contribution < -0.4 is 5.32 Å². The highest BCUT2D eigenvalue weighted by Gasteiger charge is 2.30. The molecule has 0 spiro atoms. The Morgan fingerprint density at radius 2 is 1.57 bits per heavy atom. The van der Waals surface area contributed by atoms with Crippen molar-refractivity contribution >= 4 is 9.84 Å². The summed E-state index contributed by atoms with van der Waals surface area (Å²) >= 11 is 0. The zero-order valence-corrected chi connectivity index (χ0v) is 14.3. The molecule has 1 aromatic rings. The van der Waals surface area contributed by atoms with Crippen molar-refractivity contribution in [3.63, 3.8) is 0 Å². The van der Waals surface area contributed by atoms with Crippen LogP contribution in [-0.2, 0) is 9.84 Å². The third-order valence-electron chi connectivity index (χ3n) is 4.66.